The van der Waals surface area contributed by atoms with Gasteiger partial charge in [0.25, 0.3) is 0 Å². The first kappa shape index (κ1) is 29.6. The largest absolute Gasteiger partial charge is 0.316 e. The fourth-order valence-electron chi connectivity index (χ4n) is 8.47. The van der Waals surface area contributed by atoms with Gasteiger partial charge in [-0.15, -0.1) is 0 Å². The highest BCUT2D eigenvalue weighted by Gasteiger charge is 2.20. The van der Waals surface area contributed by atoms with Gasteiger partial charge in [0, 0.05) is 50.2 Å². The number of hydrogen-bond donors (Lipinski definition) is 0. The monoisotopic (exact) mass is 675 g/mol. The summed E-state index contributed by atoms with van der Waals surface area (Å²) >= 11 is 0. The van der Waals surface area contributed by atoms with Gasteiger partial charge in [-0.3, -0.25) is 0 Å². The van der Waals surface area contributed by atoms with Crippen LogP contribution in [0.4, 0.5) is 0 Å². The average Bonchev–Trinajstić information content (AvgIpc) is 3.92. The Labute approximate surface area is 306 Å². The first-order valence-corrected chi connectivity index (χ1v) is 18.2. The molecule has 0 saturated heterocycles. The summed E-state index contributed by atoms with van der Waals surface area (Å²) in [7, 11) is 0. The number of fused-ring (bicyclic) bond motifs is 8. The van der Waals surface area contributed by atoms with Crippen molar-refractivity contribution in [3.63, 3.8) is 0 Å². The molecule has 0 radical (unpaired) electrons. The third-order valence-corrected chi connectivity index (χ3v) is 10.9. The van der Waals surface area contributed by atoms with Crippen molar-refractivity contribution in [2.75, 3.05) is 0 Å². The van der Waals surface area contributed by atoms with Crippen LogP contribution in [-0.2, 0) is 0 Å². The molecule has 11 rings (SSSR count). The van der Waals surface area contributed by atoms with Crippen molar-refractivity contribution in [2.45, 2.75) is 0 Å². The van der Waals surface area contributed by atoms with Gasteiger partial charge in [-0.2, -0.15) is 0 Å². The van der Waals surface area contributed by atoms with E-state index in [4.69, 9.17) is 0 Å². The van der Waals surface area contributed by atoms with Gasteiger partial charge in [-0.25, -0.2) is 0 Å². The number of hydrogen-bond acceptors (Lipinski definition) is 0. The maximum atomic E-state index is 2.49. The Morgan fingerprint density at radius 1 is 0.264 bits per heavy atom. The quantitative estimate of drug-likeness (QED) is 0.172. The van der Waals surface area contributed by atoms with Gasteiger partial charge in [-0.1, -0.05) is 133 Å². The third-order valence-electron chi connectivity index (χ3n) is 10.9. The van der Waals surface area contributed by atoms with Crippen LogP contribution in [0.5, 0.6) is 0 Å². The van der Waals surface area contributed by atoms with Crippen molar-refractivity contribution in [3.8, 4) is 39.3 Å². The van der Waals surface area contributed by atoms with Crippen molar-refractivity contribution in [3.05, 3.63) is 200 Å². The molecule has 248 valence electrons. The van der Waals surface area contributed by atoms with Crippen LogP contribution in [0.2, 0.25) is 0 Å². The summed E-state index contributed by atoms with van der Waals surface area (Å²) in [5.74, 6) is 0. The number of nitrogens with zero attached hydrogens (tertiary/aromatic N) is 3. The van der Waals surface area contributed by atoms with E-state index in [2.05, 4.69) is 214 Å². The molecule has 0 atom stereocenters. The molecule has 0 spiro atoms. The predicted molar refractivity (Wildman–Crippen MR) is 223 cm³/mol. The zero-order valence-electron chi connectivity index (χ0n) is 28.9. The summed E-state index contributed by atoms with van der Waals surface area (Å²) in [5.41, 5.74) is 14.2. The molecule has 11 aromatic rings. The number of benzene rings is 8. The first-order chi connectivity index (χ1) is 26.3. The molecule has 0 amide bonds. The van der Waals surface area contributed by atoms with Crippen LogP contribution in [0.25, 0.3) is 93.8 Å². The Balaban J connectivity index is 1.18. The van der Waals surface area contributed by atoms with E-state index < -0.39 is 0 Å². The number of rotatable bonds is 5. The number of para-hydroxylation sites is 3. The van der Waals surface area contributed by atoms with Crippen LogP contribution in [0, 0.1) is 0 Å². The molecule has 3 aromatic heterocycles. The molecule has 53 heavy (non-hydrogen) atoms. The van der Waals surface area contributed by atoms with Crippen molar-refractivity contribution < 1.29 is 0 Å². The third kappa shape index (κ3) is 4.61. The van der Waals surface area contributed by atoms with E-state index in [9.17, 15) is 0 Å². The smallest absolute Gasteiger partial charge is 0.0635 e. The first-order valence-electron chi connectivity index (χ1n) is 18.2. The van der Waals surface area contributed by atoms with Crippen molar-refractivity contribution in [1.82, 2.24) is 13.7 Å². The molecule has 3 heteroatoms. The molecular weight excluding hydrogens is 643 g/mol. The van der Waals surface area contributed by atoms with E-state index in [0.717, 1.165) is 17.1 Å². The van der Waals surface area contributed by atoms with Gasteiger partial charge in [0.15, 0.2) is 0 Å². The summed E-state index contributed by atoms with van der Waals surface area (Å²) in [6.45, 7) is 0. The maximum Gasteiger partial charge on any atom is 0.0635 e. The SMILES string of the molecule is c1ccc(-c2ccc(-n3ccc4c3ccc3c5ccccc5n(-c5cc(-c6ccccc6)cc(-n6c7ccccc7c7ccccc76)c5)c34)cc2)cc1. The van der Waals surface area contributed by atoms with Gasteiger partial charge < -0.3 is 13.7 Å². The summed E-state index contributed by atoms with van der Waals surface area (Å²) < 4.78 is 7.23. The second-order valence-electron chi connectivity index (χ2n) is 13.8. The second-order valence-corrected chi connectivity index (χ2v) is 13.8. The Bertz CT molecular complexity index is 3090. The molecule has 3 nitrogen and oxygen atoms in total. The Hall–Kier alpha value is -7.10. The zero-order chi connectivity index (χ0) is 34.9. The lowest BCUT2D eigenvalue weighted by Crippen LogP contribution is -2.00. The lowest BCUT2D eigenvalue weighted by molar-refractivity contribution is 1.13. The topological polar surface area (TPSA) is 14.8 Å². The lowest BCUT2D eigenvalue weighted by Gasteiger charge is -2.16. The zero-order valence-corrected chi connectivity index (χ0v) is 28.9. The molecule has 0 N–H and O–H groups in total. The maximum absolute atomic E-state index is 2.49. The van der Waals surface area contributed by atoms with Crippen LogP contribution < -0.4 is 0 Å². The summed E-state index contributed by atoms with van der Waals surface area (Å²) in [4.78, 5) is 0. The molecule has 0 aliphatic rings. The standard InChI is InChI=1S/C50H33N3/c1-3-13-34(14-4-1)36-23-25-38(26-24-36)51-30-29-45-46(51)28-27-44-43-19-9-12-22-49(43)53(50(44)45)40-32-37(35-15-5-2-6-16-35)31-39(33-40)52-47-20-10-7-17-41(47)42-18-8-11-21-48(42)52/h1-33H. The lowest BCUT2D eigenvalue weighted by atomic mass is 10.0. The van der Waals surface area contributed by atoms with Crippen molar-refractivity contribution in [1.29, 1.82) is 0 Å². The molecule has 0 bridgehead atoms. The Kier molecular flexibility index (Phi) is 6.55. The minimum Gasteiger partial charge on any atom is -0.316 e. The summed E-state index contributed by atoms with van der Waals surface area (Å²) in [6, 6.07) is 70.5. The van der Waals surface area contributed by atoms with Crippen LogP contribution in [0.3, 0.4) is 0 Å². The van der Waals surface area contributed by atoms with Gasteiger partial charge in [-0.05, 0) is 82.9 Å². The molecule has 3 heterocycles. The van der Waals surface area contributed by atoms with E-state index in [1.807, 2.05) is 0 Å². The minimum atomic E-state index is 1.13. The van der Waals surface area contributed by atoms with Crippen LogP contribution in [0.1, 0.15) is 0 Å². The highest BCUT2D eigenvalue weighted by Crippen LogP contribution is 2.40. The van der Waals surface area contributed by atoms with Gasteiger partial charge in [0.1, 0.15) is 0 Å². The summed E-state index contributed by atoms with van der Waals surface area (Å²) in [5, 5.41) is 6.22. The van der Waals surface area contributed by atoms with Crippen LogP contribution in [0.15, 0.2) is 200 Å². The van der Waals surface area contributed by atoms with Gasteiger partial charge >= 0.3 is 0 Å². The van der Waals surface area contributed by atoms with Crippen LogP contribution in [-0.4, -0.2) is 13.7 Å². The Morgan fingerprint density at radius 3 is 1.38 bits per heavy atom. The fraction of sp³-hybridized carbons (Fsp3) is 0. The number of aromatic nitrogens is 3. The molecule has 0 aliphatic heterocycles. The summed E-state index contributed by atoms with van der Waals surface area (Å²) in [6.07, 6.45) is 2.22. The van der Waals surface area contributed by atoms with Crippen molar-refractivity contribution in [2.24, 2.45) is 0 Å². The average molecular weight is 676 g/mol. The molecule has 0 fully saturated rings. The molecule has 0 saturated carbocycles. The van der Waals surface area contributed by atoms with Gasteiger partial charge in [0.05, 0.1) is 27.6 Å². The van der Waals surface area contributed by atoms with Crippen LogP contribution >= 0.6 is 0 Å². The Morgan fingerprint density at radius 2 is 0.755 bits per heavy atom. The van der Waals surface area contributed by atoms with Gasteiger partial charge in [0.2, 0.25) is 0 Å². The van der Waals surface area contributed by atoms with E-state index >= 15 is 0 Å². The second kappa shape index (κ2) is 11.7. The normalized spacial score (nSPS) is 11.8. The molecular formula is C50H33N3. The minimum absolute atomic E-state index is 1.13. The molecule has 0 aliphatic carbocycles. The van der Waals surface area contributed by atoms with E-state index in [0.29, 0.717) is 0 Å². The van der Waals surface area contributed by atoms with E-state index in [1.54, 1.807) is 0 Å². The predicted octanol–water partition coefficient (Wildman–Crippen LogP) is 13.2. The highest BCUT2D eigenvalue weighted by atomic mass is 15.0. The van der Waals surface area contributed by atoms with E-state index in [-0.39, 0.29) is 0 Å². The highest BCUT2D eigenvalue weighted by molar-refractivity contribution is 6.18. The fourth-order valence-corrected chi connectivity index (χ4v) is 8.47. The molecule has 8 aromatic carbocycles. The van der Waals surface area contributed by atoms with Crippen molar-refractivity contribution >= 4 is 54.5 Å². The van der Waals surface area contributed by atoms with E-state index in [1.165, 1.54) is 76.8 Å². The molecule has 0 unspecified atom stereocenters.